The molecule has 2 heterocycles. The van der Waals surface area contributed by atoms with Gasteiger partial charge in [-0.05, 0) is 19.4 Å². The summed E-state index contributed by atoms with van der Waals surface area (Å²) in [5.74, 6) is 2.27. The monoisotopic (exact) mass is 222 g/mol. The van der Waals surface area contributed by atoms with Crippen LogP contribution >= 0.6 is 0 Å². The van der Waals surface area contributed by atoms with Crippen molar-refractivity contribution >= 4 is 0 Å². The molecule has 5 heteroatoms. The topological polar surface area (TPSA) is 54.2 Å². The Morgan fingerprint density at radius 2 is 2.25 bits per heavy atom. The second kappa shape index (κ2) is 4.14. The van der Waals surface area contributed by atoms with Crippen molar-refractivity contribution < 1.29 is 4.52 Å². The van der Waals surface area contributed by atoms with E-state index < -0.39 is 0 Å². The summed E-state index contributed by atoms with van der Waals surface area (Å²) in [5, 5.41) is 7.33. The van der Waals surface area contributed by atoms with Crippen molar-refractivity contribution in [3.05, 3.63) is 11.7 Å². The van der Waals surface area contributed by atoms with Crippen molar-refractivity contribution in [3.63, 3.8) is 0 Å². The smallest absolute Gasteiger partial charge is 0.240 e. The molecular formula is C11H18N4O. The Kier molecular flexibility index (Phi) is 2.65. The average Bonchev–Trinajstić information content (AvgIpc) is 2.96. The fraction of sp³-hybridized carbons (Fsp3) is 0.818. The molecule has 1 saturated carbocycles. The van der Waals surface area contributed by atoms with E-state index in [1.165, 1.54) is 12.8 Å². The van der Waals surface area contributed by atoms with E-state index in [4.69, 9.17) is 4.52 Å². The Labute approximate surface area is 95.2 Å². The Bertz CT molecular complexity index is 357. The summed E-state index contributed by atoms with van der Waals surface area (Å²) < 4.78 is 5.29. The fourth-order valence-corrected chi connectivity index (χ4v) is 2.04. The van der Waals surface area contributed by atoms with Gasteiger partial charge in [-0.3, -0.25) is 4.90 Å². The zero-order valence-electron chi connectivity index (χ0n) is 9.65. The summed E-state index contributed by atoms with van der Waals surface area (Å²) in [5.41, 5.74) is 0. The van der Waals surface area contributed by atoms with E-state index in [9.17, 15) is 0 Å². The van der Waals surface area contributed by atoms with E-state index in [2.05, 4.69) is 27.3 Å². The Balaban J connectivity index is 1.62. The number of hydrogen-bond acceptors (Lipinski definition) is 5. The second-order valence-electron chi connectivity index (χ2n) is 4.70. The van der Waals surface area contributed by atoms with Crippen LogP contribution in [0.15, 0.2) is 4.52 Å². The second-order valence-corrected chi connectivity index (χ2v) is 4.70. The molecule has 88 valence electrons. The number of likely N-dealkylation sites (N-methyl/N-ethyl adjacent to an activating group) is 1. The molecule has 1 N–H and O–H groups in total. The fourth-order valence-electron chi connectivity index (χ4n) is 2.04. The first-order valence-electron chi connectivity index (χ1n) is 6.14. The minimum atomic E-state index is 0.581. The predicted molar refractivity (Wildman–Crippen MR) is 59.0 cm³/mol. The van der Waals surface area contributed by atoms with Crippen LogP contribution in [0.3, 0.4) is 0 Å². The van der Waals surface area contributed by atoms with Crippen LogP contribution in [-0.2, 0) is 6.54 Å². The molecule has 0 atom stereocenters. The lowest BCUT2D eigenvalue weighted by Gasteiger charge is -2.36. The molecule has 0 spiro atoms. The van der Waals surface area contributed by atoms with Crippen LogP contribution in [0.5, 0.6) is 0 Å². The third-order valence-electron chi connectivity index (χ3n) is 3.45. The van der Waals surface area contributed by atoms with Crippen molar-refractivity contribution in [2.24, 2.45) is 0 Å². The first-order chi connectivity index (χ1) is 7.86. The van der Waals surface area contributed by atoms with Gasteiger partial charge in [0.1, 0.15) is 0 Å². The molecule has 16 heavy (non-hydrogen) atoms. The molecule has 0 bridgehead atoms. The first-order valence-corrected chi connectivity index (χ1v) is 6.14. The molecule has 1 aromatic heterocycles. The summed E-state index contributed by atoms with van der Waals surface area (Å²) in [6, 6.07) is 0.640. The quantitative estimate of drug-likeness (QED) is 0.796. The molecule has 2 fully saturated rings. The molecule has 0 amide bonds. The van der Waals surface area contributed by atoms with Crippen molar-refractivity contribution in [3.8, 4) is 0 Å². The highest BCUT2D eigenvalue weighted by atomic mass is 16.5. The number of hydrogen-bond donors (Lipinski definition) is 1. The van der Waals surface area contributed by atoms with Crippen LogP contribution in [-0.4, -0.2) is 40.7 Å². The minimum absolute atomic E-state index is 0.581. The van der Waals surface area contributed by atoms with Crippen LogP contribution in [0.1, 0.15) is 37.4 Å². The number of nitrogens with zero attached hydrogens (tertiary/aromatic N) is 3. The van der Waals surface area contributed by atoms with E-state index in [0.29, 0.717) is 12.0 Å². The molecule has 1 aliphatic heterocycles. The van der Waals surface area contributed by atoms with Crippen molar-refractivity contribution in [2.75, 3.05) is 19.6 Å². The molecular weight excluding hydrogens is 204 g/mol. The summed E-state index contributed by atoms with van der Waals surface area (Å²) >= 11 is 0. The summed E-state index contributed by atoms with van der Waals surface area (Å²) in [4.78, 5) is 6.85. The lowest BCUT2D eigenvalue weighted by molar-refractivity contribution is 0.129. The highest BCUT2D eigenvalue weighted by molar-refractivity contribution is 5.03. The normalized spacial score (nSPS) is 21.4. The van der Waals surface area contributed by atoms with Gasteiger partial charge in [-0.2, -0.15) is 4.98 Å². The van der Waals surface area contributed by atoms with E-state index in [-0.39, 0.29) is 0 Å². The molecule has 1 aromatic rings. The van der Waals surface area contributed by atoms with Crippen LogP contribution in [0.4, 0.5) is 0 Å². The van der Waals surface area contributed by atoms with Gasteiger partial charge in [-0.1, -0.05) is 12.1 Å². The largest absolute Gasteiger partial charge is 0.338 e. The first kappa shape index (κ1) is 10.2. The maximum absolute atomic E-state index is 5.29. The maximum atomic E-state index is 5.29. The maximum Gasteiger partial charge on any atom is 0.240 e. The SMILES string of the molecule is CCN(Cc1nc(C2CC2)no1)C1CNC1. The zero-order valence-corrected chi connectivity index (χ0v) is 9.65. The molecule has 0 radical (unpaired) electrons. The van der Waals surface area contributed by atoms with Gasteiger partial charge in [0, 0.05) is 25.0 Å². The van der Waals surface area contributed by atoms with E-state index in [1.54, 1.807) is 0 Å². The highest BCUT2D eigenvalue weighted by Gasteiger charge is 2.30. The lowest BCUT2D eigenvalue weighted by Crippen LogP contribution is -2.56. The van der Waals surface area contributed by atoms with Gasteiger partial charge in [-0.25, -0.2) is 0 Å². The average molecular weight is 222 g/mol. The van der Waals surface area contributed by atoms with Crippen molar-refractivity contribution in [1.29, 1.82) is 0 Å². The molecule has 3 rings (SSSR count). The van der Waals surface area contributed by atoms with Gasteiger partial charge in [0.05, 0.1) is 6.54 Å². The summed E-state index contributed by atoms with van der Waals surface area (Å²) in [7, 11) is 0. The number of nitrogens with one attached hydrogen (secondary N) is 1. The van der Waals surface area contributed by atoms with E-state index in [0.717, 1.165) is 37.9 Å². The van der Waals surface area contributed by atoms with Crippen LogP contribution < -0.4 is 5.32 Å². The van der Waals surface area contributed by atoms with Gasteiger partial charge in [0.25, 0.3) is 0 Å². The van der Waals surface area contributed by atoms with Gasteiger partial charge in [0.15, 0.2) is 5.82 Å². The number of rotatable bonds is 5. The number of aromatic nitrogens is 2. The molecule has 0 aromatic carbocycles. The van der Waals surface area contributed by atoms with E-state index in [1.807, 2.05) is 0 Å². The predicted octanol–water partition coefficient (Wildman–Crippen LogP) is 0.741. The van der Waals surface area contributed by atoms with Crippen molar-refractivity contribution in [1.82, 2.24) is 20.4 Å². The van der Waals surface area contributed by atoms with Crippen molar-refractivity contribution in [2.45, 2.75) is 38.3 Å². The standard InChI is InChI=1S/C11H18N4O/c1-2-15(9-5-12-6-9)7-10-13-11(14-16-10)8-3-4-8/h8-9,12H,2-7H2,1H3. The van der Waals surface area contributed by atoms with Gasteiger partial charge in [0.2, 0.25) is 5.89 Å². The Morgan fingerprint density at radius 3 is 2.81 bits per heavy atom. The van der Waals surface area contributed by atoms with Crippen LogP contribution in [0, 0.1) is 0 Å². The van der Waals surface area contributed by atoms with Gasteiger partial charge in [-0.15, -0.1) is 0 Å². The van der Waals surface area contributed by atoms with Crippen LogP contribution in [0.25, 0.3) is 0 Å². The molecule has 2 aliphatic rings. The zero-order chi connectivity index (χ0) is 11.0. The molecule has 1 aliphatic carbocycles. The third-order valence-corrected chi connectivity index (χ3v) is 3.45. The lowest BCUT2D eigenvalue weighted by atomic mass is 10.1. The Morgan fingerprint density at radius 1 is 1.44 bits per heavy atom. The highest BCUT2D eigenvalue weighted by Crippen LogP contribution is 2.38. The summed E-state index contributed by atoms with van der Waals surface area (Å²) in [6.45, 7) is 6.17. The van der Waals surface area contributed by atoms with Crippen LogP contribution in [0.2, 0.25) is 0 Å². The van der Waals surface area contributed by atoms with E-state index >= 15 is 0 Å². The third kappa shape index (κ3) is 1.97. The van der Waals surface area contributed by atoms with Gasteiger partial charge >= 0.3 is 0 Å². The molecule has 0 unspecified atom stereocenters. The summed E-state index contributed by atoms with van der Waals surface area (Å²) in [6.07, 6.45) is 2.45. The molecule has 1 saturated heterocycles. The molecule has 5 nitrogen and oxygen atoms in total. The minimum Gasteiger partial charge on any atom is -0.338 e. The van der Waals surface area contributed by atoms with Gasteiger partial charge < -0.3 is 9.84 Å². The Hall–Kier alpha value is -0.940.